The van der Waals surface area contributed by atoms with Crippen molar-refractivity contribution in [1.82, 2.24) is 19.4 Å². The summed E-state index contributed by atoms with van der Waals surface area (Å²) in [6.45, 7) is 9.83. The van der Waals surface area contributed by atoms with Crippen LogP contribution < -0.4 is 15.8 Å². The predicted molar refractivity (Wildman–Crippen MR) is 183 cm³/mol. The largest absolute Gasteiger partial charge is 0.506 e. The van der Waals surface area contributed by atoms with Gasteiger partial charge >= 0.3 is 6.09 Å². The number of fused-ring (bicyclic) bond motifs is 2. The minimum Gasteiger partial charge on any atom is -0.506 e. The normalized spacial score (nSPS) is 17.0. The van der Waals surface area contributed by atoms with Gasteiger partial charge in [-0.2, -0.15) is 0 Å². The first-order valence-corrected chi connectivity index (χ1v) is 16.1. The molecule has 2 fully saturated rings. The number of anilines is 2. The number of aromatic amines is 1. The number of carbonyl (C=O) groups is 1. The molecule has 244 valence electrons. The number of likely N-dealkylation sites (tertiary alicyclic amines) is 1. The topological polar surface area (TPSA) is 125 Å². The number of nitrogens with one attached hydrogen (secondary N) is 2. The summed E-state index contributed by atoms with van der Waals surface area (Å²) in [6, 6.07) is 21.3. The number of H-pyrrole nitrogens is 1. The van der Waals surface area contributed by atoms with Crippen LogP contribution in [-0.4, -0.2) is 81.7 Å². The minimum atomic E-state index is -0.580. The first-order valence-electron chi connectivity index (χ1n) is 16.1. The number of pyridine rings is 1. The van der Waals surface area contributed by atoms with Crippen LogP contribution in [0.2, 0.25) is 0 Å². The number of imidazole rings is 1. The molecule has 1 atom stereocenters. The van der Waals surface area contributed by atoms with E-state index in [0.717, 1.165) is 29.9 Å². The molecule has 0 radical (unpaired) electrons. The monoisotopic (exact) mass is 636 g/mol. The summed E-state index contributed by atoms with van der Waals surface area (Å²) in [5, 5.41) is 16.0. The van der Waals surface area contributed by atoms with Crippen LogP contribution in [0.4, 0.5) is 16.2 Å². The molecule has 3 aromatic carbocycles. The molecule has 4 heterocycles. The van der Waals surface area contributed by atoms with Gasteiger partial charge in [-0.1, -0.05) is 36.4 Å². The number of aromatic nitrogens is 3. The SMILES string of the molecule is CC(C)(C)OC(=O)N1CCC(Nc2cccc3c2c(O)c(-c2nc4ccc(N5CCOCC5)cc4[nH]2)c(=O)n3Cc2ccccc2)C1. The molecular formula is C36H40N6O5. The van der Waals surface area contributed by atoms with Crippen molar-refractivity contribution in [2.24, 2.45) is 0 Å². The third-order valence-electron chi connectivity index (χ3n) is 8.73. The molecule has 0 aliphatic carbocycles. The van der Waals surface area contributed by atoms with E-state index in [2.05, 4.69) is 15.2 Å². The third-order valence-corrected chi connectivity index (χ3v) is 8.73. The summed E-state index contributed by atoms with van der Waals surface area (Å²) in [7, 11) is 0. The number of carbonyl (C=O) groups excluding carboxylic acids is 1. The molecule has 0 saturated carbocycles. The predicted octanol–water partition coefficient (Wildman–Crippen LogP) is 5.56. The Morgan fingerprint density at radius 1 is 1.06 bits per heavy atom. The molecule has 2 aliphatic rings. The Bertz CT molecular complexity index is 1990. The van der Waals surface area contributed by atoms with Gasteiger partial charge in [0, 0.05) is 43.6 Å². The highest BCUT2D eigenvalue weighted by atomic mass is 16.6. The fourth-order valence-electron chi connectivity index (χ4n) is 6.47. The number of nitrogens with zero attached hydrogens (tertiary/aromatic N) is 4. The molecule has 2 aliphatic heterocycles. The average Bonchev–Trinajstić information content (AvgIpc) is 3.70. The van der Waals surface area contributed by atoms with Crippen LogP contribution in [0.5, 0.6) is 5.75 Å². The molecule has 2 aromatic heterocycles. The van der Waals surface area contributed by atoms with Gasteiger partial charge in [0.2, 0.25) is 0 Å². The Morgan fingerprint density at radius 3 is 2.62 bits per heavy atom. The third kappa shape index (κ3) is 6.23. The van der Waals surface area contributed by atoms with E-state index in [1.165, 1.54) is 0 Å². The molecule has 2 saturated heterocycles. The van der Waals surface area contributed by atoms with E-state index >= 15 is 0 Å². The molecule has 1 unspecified atom stereocenters. The van der Waals surface area contributed by atoms with E-state index in [9.17, 15) is 14.7 Å². The highest BCUT2D eigenvalue weighted by Crippen LogP contribution is 2.38. The van der Waals surface area contributed by atoms with Crippen molar-refractivity contribution >= 4 is 39.4 Å². The van der Waals surface area contributed by atoms with Crippen LogP contribution in [0.3, 0.4) is 0 Å². The van der Waals surface area contributed by atoms with Crippen LogP contribution in [0.1, 0.15) is 32.8 Å². The summed E-state index contributed by atoms with van der Waals surface area (Å²) in [5.74, 6) is 0.156. The Labute approximate surface area is 272 Å². The fourth-order valence-corrected chi connectivity index (χ4v) is 6.47. The van der Waals surface area contributed by atoms with E-state index in [4.69, 9.17) is 14.5 Å². The molecule has 0 spiro atoms. The summed E-state index contributed by atoms with van der Waals surface area (Å²) < 4.78 is 12.8. The first-order chi connectivity index (χ1) is 22.6. The minimum absolute atomic E-state index is 0.0738. The van der Waals surface area contributed by atoms with Crippen molar-refractivity contribution in [2.45, 2.75) is 45.4 Å². The quantitative estimate of drug-likeness (QED) is 0.222. The second-order valence-corrected chi connectivity index (χ2v) is 13.2. The van der Waals surface area contributed by atoms with Gasteiger partial charge in [-0.3, -0.25) is 4.79 Å². The van der Waals surface area contributed by atoms with Crippen molar-refractivity contribution in [2.75, 3.05) is 49.6 Å². The van der Waals surface area contributed by atoms with Crippen molar-refractivity contribution < 1.29 is 19.4 Å². The number of rotatable bonds is 6. The van der Waals surface area contributed by atoms with E-state index in [-0.39, 0.29) is 29.0 Å². The Kier molecular flexibility index (Phi) is 8.01. The number of ether oxygens (including phenoxy) is 2. The van der Waals surface area contributed by atoms with Gasteiger partial charge in [0.15, 0.2) is 0 Å². The smallest absolute Gasteiger partial charge is 0.410 e. The molecule has 7 rings (SSSR count). The molecule has 0 bridgehead atoms. The lowest BCUT2D eigenvalue weighted by molar-refractivity contribution is 0.0293. The second-order valence-electron chi connectivity index (χ2n) is 13.2. The number of hydrogen-bond donors (Lipinski definition) is 3. The van der Waals surface area contributed by atoms with Gasteiger partial charge in [-0.15, -0.1) is 0 Å². The molecule has 3 N–H and O–H groups in total. The molecular weight excluding hydrogens is 596 g/mol. The summed E-state index contributed by atoms with van der Waals surface area (Å²) in [4.78, 5) is 39.2. The highest BCUT2D eigenvalue weighted by Gasteiger charge is 2.31. The second kappa shape index (κ2) is 12.3. The zero-order valence-corrected chi connectivity index (χ0v) is 27.0. The van der Waals surface area contributed by atoms with Crippen molar-refractivity contribution in [3.63, 3.8) is 0 Å². The summed E-state index contributed by atoms with van der Waals surface area (Å²) in [6.07, 6.45) is 0.366. The number of benzene rings is 3. The van der Waals surface area contributed by atoms with Gasteiger partial charge in [0.05, 0.1) is 41.7 Å². The molecule has 1 amide bonds. The highest BCUT2D eigenvalue weighted by molar-refractivity contribution is 6.01. The zero-order chi connectivity index (χ0) is 32.7. The Balaban J connectivity index is 1.30. The van der Waals surface area contributed by atoms with Crippen LogP contribution in [-0.2, 0) is 16.0 Å². The lowest BCUT2D eigenvalue weighted by atomic mass is 10.1. The molecule has 47 heavy (non-hydrogen) atoms. The lowest BCUT2D eigenvalue weighted by Gasteiger charge is -2.28. The van der Waals surface area contributed by atoms with Crippen LogP contribution in [0, 0.1) is 0 Å². The maximum absolute atomic E-state index is 14.3. The van der Waals surface area contributed by atoms with Gasteiger partial charge in [-0.25, -0.2) is 9.78 Å². The molecule has 11 nitrogen and oxygen atoms in total. The number of amides is 1. The zero-order valence-electron chi connectivity index (χ0n) is 27.0. The number of hydrogen-bond acceptors (Lipinski definition) is 8. The maximum Gasteiger partial charge on any atom is 0.410 e. The number of aromatic hydroxyl groups is 1. The van der Waals surface area contributed by atoms with E-state index in [0.29, 0.717) is 67.2 Å². The van der Waals surface area contributed by atoms with Gasteiger partial charge in [-0.05, 0) is 63.1 Å². The lowest BCUT2D eigenvalue weighted by Crippen LogP contribution is -2.36. The van der Waals surface area contributed by atoms with Crippen molar-refractivity contribution in [3.8, 4) is 17.1 Å². The van der Waals surface area contributed by atoms with Crippen LogP contribution >= 0.6 is 0 Å². The fraction of sp³-hybridized carbons (Fsp3) is 0.361. The molecule has 11 heteroatoms. The van der Waals surface area contributed by atoms with Gasteiger partial charge in [0.1, 0.15) is 22.7 Å². The summed E-state index contributed by atoms with van der Waals surface area (Å²) >= 11 is 0. The summed E-state index contributed by atoms with van der Waals surface area (Å²) in [5.41, 5.74) is 3.92. The maximum atomic E-state index is 14.3. The molecule has 5 aromatic rings. The van der Waals surface area contributed by atoms with Gasteiger partial charge in [0.25, 0.3) is 5.56 Å². The van der Waals surface area contributed by atoms with E-state index in [1.807, 2.05) is 87.5 Å². The van der Waals surface area contributed by atoms with Gasteiger partial charge < -0.3 is 39.2 Å². The van der Waals surface area contributed by atoms with Crippen LogP contribution in [0.15, 0.2) is 71.5 Å². The van der Waals surface area contributed by atoms with Crippen molar-refractivity contribution in [3.05, 3.63) is 82.6 Å². The average molecular weight is 637 g/mol. The Morgan fingerprint density at radius 2 is 1.85 bits per heavy atom. The number of morpholine rings is 1. The van der Waals surface area contributed by atoms with E-state index < -0.39 is 5.60 Å². The first kappa shape index (κ1) is 30.6. The van der Waals surface area contributed by atoms with E-state index in [1.54, 1.807) is 9.47 Å². The van der Waals surface area contributed by atoms with Crippen LogP contribution in [0.25, 0.3) is 33.3 Å². The Hall–Kier alpha value is -5.03. The van der Waals surface area contributed by atoms with Crippen molar-refractivity contribution in [1.29, 1.82) is 0 Å². The standard InChI is InChI=1S/C36H40N6O5/c1-36(2,3)47-35(45)41-15-14-24(22-41)37-27-10-7-11-29-30(27)32(43)31(34(44)42(29)21-23-8-5-4-6-9-23)33-38-26-13-12-25(20-28(26)39-33)40-16-18-46-19-17-40/h4-13,20,24,37,43H,14-19,21-22H2,1-3H3,(H,38,39).